The number of aromatic nitrogens is 2. The van der Waals surface area contributed by atoms with Gasteiger partial charge in [-0.05, 0) is 31.4 Å². The summed E-state index contributed by atoms with van der Waals surface area (Å²) in [4.78, 5) is 8.63. The van der Waals surface area contributed by atoms with Gasteiger partial charge in [-0.15, -0.1) is 0 Å². The maximum Gasteiger partial charge on any atom is 0.223 e. The molecule has 1 aromatic heterocycles. The zero-order valence-corrected chi connectivity index (χ0v) is 8.85. The van der Waals surface area contributed by atoms with Crippen molar-refractivity contribution in [3.63, 3.8) is 0 Å². The molecule has 3 rings (SSSR count). The number of aromatic hydroxyl groups is 1. The molecule has 4 heteroatoms. The Bertz CT molecular complexity index is 523. The quantitative estimate of drug-likeness (QED) is 0.807. The highest BCUT2D eigenvalue weighted by molar-refractivity contribution is 5.80. The van der Waals surface area contributed by atoms with Crippen molar-refractivity contribution in [3.8, 4) is 5.75 Å². The van der Waals surface area contributed by atoms with E-state index < -0.39 is 0 Å². The molecule has 4 nitrogen and oxygen atoms in total. The average molecular weight is 215 g/mol. The van der Waals surface area contributed by atoms with Crippen molar-refractivity contribution in [2.75, 3.05) is 5.32 Å². The molecule has 0 radical (unpaired) electrons. The molecule has 1 saturated carbocycles. The molecule has 1 fully saturated rings. The summed E-state index contributed by atoms with van der Waals surface area (Å²) in [6, 6.07) is 5.64. The summed E-state index contributed by atoms with van der Waals surface area (Å²) in [7, 11) is 0. The van der Waals surface area contributed by atoms with Gasteiger partial charge in [-0.2, -0.15) is 0 Å². The molecular formula is C12H13N3O. The Labute approximate surface area is 93.4 Å². The molecule has 1 aliphatic carbocycles. The van der Waals surface area contributed by atoms with Crippen LogP contribution in [0.5, 0.6) is 5.75 Å². The Balaban J connectivity index is 1.94. The first kappa shape index (κ1) is 9.39. The highest BCUT2D eigenvalue weighted by Gasteiger charge is 2.17. The molecule has 2 N–H and O–H groups in total. The van der Waals surface area contributed by atoms with Crippen molar-refractivity contribution in [2.24, 2.45) is 0 Å². The van der Waals surface area contributed by atoms with Crippen molar-refractivity contribution in [3.05, 3.63) is 24.4 Å². The van der Waals surface area contributed by atoms with Crippen molar-refractivity contribution >= 4 is 16.9 Å². The largest absolute Gasteiger partial charge is 0.508 e. The van der Waals surface area contributed by atoms with Crippen LogP contribution in [0.15, 0.2) is 24.4 Å². The summed E-state index contributed by atoms with van der Waals surface area (Å²) in [6.45, 7) is 0. The number of anilines is 1. The lowest BCUT2D eigenvalue weighted by Crippen LogP contribution is -2.27. The van der Waals surface area contributed by atoms with E-state index in [9.17, 15) is 5.11 Å². The van der Waals surface area contributed by atoms with E-state index in [1.54, 1.807) is 18.3 Å². The maximum atomic E-state index is 9.38. The van der Waals surface area contributed by atoms with Gasteiger partial charge in [-0.3, -0.25) is 0 Å². The first-order valence-electron chi connectivity index (χ1n) is 5.53. The zero-order valence-electron chi connectivity index (χ0n) is 8.85. The zero-order chi connectivity index (χ0) is 11.0. The summed E-state index contributed by atoms with van der Waals surface area (Å²) in [5, 5.41) is 13.6. The predicted molar refractivity (Wildman–Crippen MR) is 62.5 cm³/mol. The summed E-state index contributed by atoms with van der Waals surface area (Å²) < 4.78 is 0. The van der Waals surface area contributed by atoms with Gasteiger partial charge in [0.05, 0.1) is 5.52 Å². The van der Waals surface area contributed by atoms with Crippen LogP contribution in [0, 0.1) is 0 Å². The number of fused-ring (bicyclic) bond motifs is 1. The second kappa shape index (κ2) is 3.63. The molecule has 82 valence electrons. The molecule has 16 heavy (non-hydrogen) atoms. The minimum atomic E-state index is 0.237. The monoisotopic (exact) mass is 215 g/mol. The van der Waals surface area contributed by atoms with Gasteiger partial charge < -0.3 is 10.4 Å². The summed E-state index contributed by atoms with van der Waals surface area (Å²) in [5.74, 6) is 0.892. The number of nitrogens with one attached hydrogen (secondary N) is 1. The van der Waals surface area contributed by atoms with Gasteiger partial charge >= 0.3 is 0 Å². The van der Waals surface area contributed by atoms with Crippen molar-refractivity contribution in [1.29, 1.82) is 0 Å². The standard InChI is InChI=1S/C12H13N3O/c16-10-5-4-8-7-13-12(15-11(8)6-10)14-9-2-1-3-9/h4-7,9,16H,1-3H2,(H,13,14,15). The number of nitrogens with zero attached hydrogens (tertiary/aromatic N) is 2. The lowest BCUT2D eigenvalue weighted by molar-refractivity contribution is 0.443. The van der Waals surface area contributed by atoms with Crippen molar-refractivity contribution in [1.82, 2.24) is 9.97 Å². The average Bonchev–Trinajstić information content (AvgIpc) is 2.23. The number of rotatable bonds is 2. The van der Waals surface area contributed by atoms with Gasteiger partial charge in [0.25, 0.3) is 0 Å². The smallest absolute Gasteiger partial charge is 0.223 e. The van der Waals surface area contributed by atoms with E-state index in [2.05, 4.69) is 15.3 Å². The van der Waals surface area contributed by atoms with Crippen molar-refractivity contribution < 1.29 is 5.11 Å². The molecule has 0 amide bonds. The number of hydrogen-bond donors (Lipinski definition) is 2. The van der Waals surface area contributed by atoms with Gasteiger partial charge in [0, 0.05) is 23.7 Å². The van der Waals surface area contributed by atoms with Crippen LogP contribution in [-0.4, -0.2) is 21.1 Å². The molecule has 1 aliphatic rings. The fourth-order valence-electron chi connectivity index (χ4n) is 1.82. The van der Waals surface area contributed by atoms with Crippen molar-refractivity contribution in [2.45, 2.75) is 25.3 Å². The third kappa shape index (κ3) is 1.66. The van der Waals surface area contributed by atoms with E-state index in [1.807, 2.05) is 6.07 Å². The van der Waals surface area contributed by atoms with Crippen LogP contribution in [-0.2, 0) is 0 Å². The SMILES string of the molecule is Oc1ccc2cnc(NC3CCC3)nc2c1. The Morgan fingerprint density at radius 1 is 1.31 bits per heavy atom. The van der Waals surface area contributed by atoms with Gasteiger partial charge in [0.15, 0.2) is 0 Å². The fraction of sp³-hybridized carbons (Fsp3) is 0.333. The number of benzene rings is 1. The van der Waals surface area contributed by atoms with Crippen LogP contribution in [0.25, 0.3) is 10.9 Å². The molecule has 0 spiro atoms. The highest BCUT2D eigenvalue weighted by Crippen LogP contribution is 2.23. The molecule has 1 aromatic carbocycles. The third-order valence-electron chi connectivity index (χ3n) is 3.00. The van der Waals surface area contributed by atoms with E-state index >= 15 is 0 Å². The minimum Gasteiger partial charge on any atom is -0.508 e. The number of phenolic OH excluding ortho intramolecular Hbond substituents is 1. The van der Waals surface area contributed by atoms with E-state index in [-0.39, 0.29) is 5.75 Å². The lowest BCUT2D eigenvalue weighted by atomic mass is 9.93. The van der Waals surface area contributed by atoms with Crippen LogP contribution in [0.4, 0.5) is 5.95 Å². The van der Waals surface area contributed by atoms with Crippen LogP contribution >= 0.6 is 0 Å². The lowest BCUT2D eigenvalue weighted by Gasteiger charge is -2.26. The molecule has 0 unspecified atom stereocenters. The Morgan fingerprint density at radius 3 is 2.94 bits per heavy atom. The molecule has 1 heterocycles. The van der Waals surface area contributed by atoms with E-state index in [0.717, 1.165) is 10.9 Å². The minimum absolute atomic E-state index is 0.237. The highest BCUT2D eigenvalue weighted by atomic mass is 16.3. The van der Waals surface area contributed by atoms with Gasteiger partial charge in [0.1, 0.15) is 5.75 Å². The summed E-state index contributed by atoms with van der Waals surface area (Å²) in [5.41, 5.74) is 0.775. The molecular weight excluding hydrogens is 202 g/mol. The van der Waals surface area contributed by atoms with Crippen LogP contribution in [0.3, 0.4) is 0 Å². The van der Waals surface area contributed by atoms with Crippen LogP contribution in [0.1, 0.15) is 19.3 Å². The van der Waals surface area contributed by atoms with Crippen LogP contribution in [0.2, 0.25) is 0 Å². The maximum absolute atomic E-state index is 9.38. The first-order chi connectivity index (χ1) is 7.81. The predicted octanol–water partition coefficient (Wildman–Crippen LogP) is 2.30. The Kier molecular flexibility index (Phi) is 2.13. The van der Waals surface area contributed by atoms with Gasteiger partial charge in [0.2, 0.25) is 5.95 Å². The molecule has 0 saturated heterocycles. The summed E-state index contributed by atoms with van der Waals surface area (Å²) in [6.07, 6.45) is 5.46. The second-order valence-corrected chi connectivity index (χ2v) is 4.21. The molecule has 0 bridgehead atoms. The topological polar surface area (TPSA) is 58.0 Å². The van der Waals surface area contributed by atoms with E-state index in [1.165, 1.54) is 19.3 Å². The van der Waals surface area contributed by atoms with E-state index in [0.29, 0.717) is 12.0 Å². The molecule has 2 aromatic rings. The number of hydrogen-bond acceptors (Lipinski definition) is 4. The summed E-state index contributed by atoms with van der Waals surface area (Å²) >= 11 is 0. The fourth-order valence-corrected chi connectivity index (χ4v) is 1.82. The first-order valence-corrected chi connectivity index (χ1v) is 5.53. The normalized spacial score (nSPS) is 16.0. The van der Waals surface area contributed by atoms with Crippen LogP contribution < -0.4 is 5.32 Å². The van der Waals surface area contributed by atoms with Gasteiger partial charge in [-0.1, -0.05) is 0 Å². The second-order valence-electron chi connectivity index (χ2n) is 4.21. The molecule has 0 aliphatic heterocycles. The Hall–Kier alpha value is -1.84. The van der Waals surface area contributed by atoms with E-state index in [4.69, 9.17) is 0 Å². The number of phenols is 1. The Morgan fingerprint density at radius 2 is 2.19 bits per heavy atom. The third-order valence-corrected chi connectivity index (χ3v) is 3.00. The molecule has 0 atom stereocenters. The van der Waals surface area contributed by atoms with Gasteiger partial charge in [-0.25, -0.2) is 9.97 Å².